The van der Waals surface area contributed by atoms with E-state index in [1.54, 1.807) is 32.0 Å². The van der Waals surface area contributed by atoms with Crippen molar-refractivity contribution in [2.75, 3.05) is 17.2 Å². The Labute approximate surface area is 117 Å². The zero-order valence-electron chi connectivity index (χ0n) is 11.0. The number of carbonyl (C=O) groups is 2. The number of rotatable bonds is 5. The quantitative estimate of drug-likeness (QED) is 0.775. The normalized spacial score (nSPS) is 10.4. The maximum absolute atomic E-state index is 11.6. The summed E-state index contributed by atoms with van der Waals surface area (Å²) >= 11 is 5.98. The fraction of sp³-hybridized carbons (Fsp3) is 0.385. The van der Waals surface area contributed by atoms with E-state index in [1.807, 2.05) is 0 Å². The van der Waals surface area contributed by atoms with E-state index < -0.39 is 0 Å². The van der Waals surface area contributed by atoms with Crippen LogP contribution in [0.5, 0.6) is 0 Å². The van der Waals surface area contributed by atoms with Gasteiger partial charge in [-0.3, -0.25) is 9.59 Å². The summed E-state index contributed by atoms with van der Waals surface area (Å²) in [6.07, 6.45) is 0.221. The topological polar surface area (TPSA) is 84.2 Å². The number of nitrogens with one attached hydrogen (secondary N) is 2. The van der Waals surface area contributed by atoms with Gasteiger partial charge in [0.25, 0.3) is 0 Å². The molecule has 2 amide bonds. The minimum absolute atomic E-state index is 0.0958. The number of halogens is 1. The van der Waals surface area contributed by atoms with Crippen LogP contribution in [0.1, 0.15) is 20.3 Å². The van der Waals surface area contributed by atoms with Crippen molar-refractivity contribution in [3.05, 3.63) is 23.2 Å². The molecule has 5 nitrogen and oxygen atoms in total. The van der Waals surface area contributed by atoms with E-state index in [0.717, 1.165) is 0 Å². The molecule has 19 heavy (non-hydrogen) atoms. The van der Waals surface area contributed by atoms with E-state index in [1.165, 1.54) is 0 Å². The fourth-order valence-electron chi connectivity index (χ4n) is 1.33. The molecule has 6 heteroatoms. The molecule has 104 valence electrons. The third-order valence-electron chi connectivity index (χ3n) is 2.40. The predicted molar refractivity (Wildman–Crippen MR) is 77.2 cm³/mol. The molecule has 0 saturated carbocycles. The molecule has 0 bridgehead atoms. The Bertz CT molecular complexity index is 475. The Kier molecular flexibility index (Phi) is 5.79. The molecular weight excluding hydrogens is 266 g/mol. The lowest BCUT2D eigenvalue weighted by Gasteiger charge is -2.11. The number of nitrogens with two attached hydrogens (primary N) is 1. The molecular formula is C13H18ClN3O2. The van der Waals surface area contributed by atoms with Crippen LogP contribution in [0.2, 0.25) is 5.02 Å². The minimum Gasteiger partial charge on any atom is -0.330 e. The highest BCUT2D eigenvalue weighted by molar-refractivity contribution is 6.33. The van der Waals surface area contributed by atoms with Crippen molar-refractivity contribution < 1.29 is 9.59 Å². The van der Waals surface area contributed by atoms with Crippen LogP contribution in [0.25, 0.3) is 0 Å². The second kappa shape index (κ2) is 7.11. The molecule has 0 heterocycles. The van der Waals surface area contributed by atoms with Crippen molar-refractivity contribution in [2.45, 2.75) is 20.3 Å². The van der Waals surface area contributed by atoms with Crippen LogP contribution in [0.15, 0.2) is 18.2 Å². The van der Waals surface area contributed by atoms with Crippen LogP contribution >= 0.6 is 11.6 Å². The molecule has 0 aliphatic heterocycles. The van der Waals surface area contributed by atoms with Crippen LogP contribution in [0.3, 0.4) is 0 Å². The van der Waals surface area contributed by atoms with Crippen LogP contribution in [0, 0.1) is 5.92 Å². The number of benzene rings is 1. The van der Waals surface area contributed by atoms with Crippen molar-refractivity contribution in [1.82, 2.24) is 0 Å². The Morgan fingerprint density at radius 2 is 2.00 bits per heavy atom. The Hall–Kier alpha value is -1.59. The Morgan fingerprint density at radius 3 is 2.58 bits per heavy atom. The molecule has 0 saturated heterocycles. The van der Waals surface area contributed by atoms with Crippen molar-refractivity contribution in [3.8, 4) is 0 Å². The van der Waals surface area contributed by atoms with Gasteiger partial charge in [0.05, 0.1) is 10.7 Å². The third kappa shape index (κ3) is 4.89. The summed E-state index contributed by atoms with van der Waals surface area (Å²) in [4.78, 5) is 23.1. The summed E-state index contributed by atoms with van der Waals surface area (Å²) in [6, 6.07) is 4.92. The monoisotopic (exact) mass is 283 g/mol. The highest BCUT2D eigenvalue weighted by Crippen LogP contribution is 2.25. The highest BCUT2D eigenvalue weighted by atomic mass is 35.5. The molecule has 0 aliphatic rings. The summed E-state index contributed by atoms with van der Waals surface area (Å²) in [5, 5.41) is 5.80. The van der Waals surface area contributed by atoms with Crippen LogP contribution in [-0.4, -0.2) is 18.4 Å². The number of amides is 2. The van der Waals surface area contributed by atoms with Gasteiger partial charge in [0, 0.05) is 24.6 Å². The molecule has 1 aromatic carbocycles. The van der Waals surface area contributed by atoms with Gasteiger partial charge in [-0.15, -0.1) is 0 Å². The zero-order valence-corrected chi connectivity index (χ0v) is 11.8. The lowest BCUT2D eigenvalue weighted by Crippen LogP contribution is -2.19. The molecule has 0 aromatic heterocycles. The van der Waals surface area contributed by atoms with Crippen molar-refractivity contribution in [3.63, 3.8) is 0 Å². The standard InChI is InChI=1S/C13H18ClN3O2/c1-8(2)13(19)16-9-3-4-10(14)11(7-9)17-12(18)5-6-15/h3-4,7-8H,5-6,15H2,1-2H3,(H,16,19)(H,17,18). The number of hydrogen-bond acceptors (Lipinski definition) is 3. The second-order valence-corrected chi connectivity index (χ2v) is 4.83. The van der Waals surface area contributed by atoms with Gasteiger partial charge >= 0.3 is 0 Å². The lowest BCUT2D eigenvalue weighted by atomic mass is 10.2. The van der Waals surface area contributed by atoms with Gasteiger partial charge in [-0.2, -0.15) is 0 Å². The van der Waals surface area contributed by atoms with E-state index in [9.17, 15) is 9.59 Å². The highest BCUT2D eigenvalue weighted by Gasteiger charge is 2.10. The maximum Gasteiger partial charge on any atom is 0.226 e. The first-order valence-corrected chi connectivity index (χ1v) is 6.42. The molecule has 0 fully saturated rings. The smallest absolute Gasteiger partial charge is 0.226 e. The minimum atomic E-state index is -0.211. The maximum atomic E-state index is 11.6. The summed E-state index contributed by atoms with van der Waals surface area (Å²) in [5.41, 5.74) is 6.35. The van der Waals surface area contributed by atoms with Gasteiger partial charge in [0.1, 0.15) is 0 Å². The number of carbonyl (C=O) groups excluding carboxylic acids is 2. The molecule has 1 aromatic rings. The summed E-state index contributed by atoms with van der Waals surface area (Å²) in [7, 11) is 0. The summed E-state index contributed by atoms with van der Waals surface area (Å²) < 4.78 is 0. The first kappa shape index (κ1) is 15.5. The van der Waals surface area contributed by atoms with Crippen LogP contribution in [-0.2, 0) is 9.59 Å². The van der Waals surface area contributed by atoms with Gasteiger partial charge in [0.15, 0.2) is 0 Å². The molecule has 0 spiro atoms. The van der Waals surface area contributed by atoms with E-state index >= 15 is 0 Å². The number of anilines is 2. The van der Waals surface area contributed by atoms with E-state index in [4.69, 9.17) is 17.3 Å². The number of hydrogen-bond donors (Lipinski definition) is 3. The van der Waals surface area contributed by atoms with E-state index in [-0.39, 0.29) is 30.7 Å². The summed E-state index contributed by atoms with van der Waals surface area (Å²) in [5.74, 6) is -0.427. The zero-order chi connectivity index (χ0) is 14.4. The van der Waals surface area contributed by atoms with Crippen LogP contribution in [0.4, 0.5) is 11.4 Å². The van der Waals surface area contributed by atoms with Gasteiger partial charge in [-0.25, -0.2) is 0 Å². The molecule has 0 unspecified atom stereocenters. The SMILES string of the molecule is CC(C)C(=O)Nc1ccc(Cl)c(NC(=O)CCN)c1. The molecule has 0 aliphatic carbocycles. The van der Waals surface area contributed by atoms with Gasteiger partial charge in [-0.05, 0) is 18.2 Å². The molecule has 0 atom stereocenters. The predicted octanol–water partition coefficient (Wildman–Crippen LogP) is 2.22. The average molecular weight is 284 g/mol. The van der Waals surface area contributed by atoms with E-state index in [0.29, 0.717) is 16.4 Å². The van der Waals surface area contributed by atoms with Gasteiger partial charge in [0.2, 0.25) is 11.8 Å². The first-order chi connectivity index (χ1) is 8.93. The van der Waals surface area contributed by atoms with Gasteiger partial charge < -0.3 is 16.4 Å². The Morgan fingerprint density at radius 1 is 1.32 bits per heavy atom. The third-order valence-corrected chi connectivity index (χ3v) is 2.73. The first-order valence-electron chi connectivity index (χ1n) is 6.04. The molecule has 1 rings (SSSR count). The van der Waals surface area contributed by atoms with Crippen molar-refractivity contribution in [1.29, 1.82) is 0 Å². The average Bonchev–Trinajstić information content (AvgIpc) is 2.33. The largest absolute Gasteiger partial charge is 0.330 e. The fourth-order valence-corrected chi connectivity index (χ4v) is 1.49. The second-order valence-electron chi connectivity index (χ2n) is 4.43. The molecule has 4 N–H and O–H groups in total. The van der Waals surface area contributed by atoms with Crippen molar-refractivity contribution >= 4 is 34.8 Å². The lowest BCUT2D eigenvalue weighted by molar-refractivity contribution is -0.119. The molecule has 0 radical (unpaired) electrons. The van der Waals surface area contributed by atoms with Crippen molar-refractivity contribution in [2.24, 2.45) is 11.7 Å². The summed E-state index contributed by atoms with van der Waals surface area (Å²) in [6.45, 7) is 3.87. The van der Waals surface area contributed by atoms with Crippen LogP contribution < -0.4 is 16.4 Å². The van der Waals surface area contributed by atoms with E-state index in [2.05, 4.69) is 10.6 Å². The van der Waals surface area contributed by atoms with Gasteiger partial charge in [-0.1, -0.05) is 25.4 Å². The Balaban J connectivity index is 2.82.